The molecule has 0 bridgehead atoms. The van der Waals surface area contributed by atoms with E-state index in [-0.39, 0.29) is 17.7 Å². The molecule has 1 fully saturated rings. The minimum absolute atomic E-state index is 0.0622. The number of carbonyl (C=O) groups excluding carboxylic acids is 2. The maximum Gasteiger partial charge on any atom is 0.226 e. The molecule has 2 N–H and O–H groups in total. The fourth-order valence-electron chi connectivity index (χ4n) is 3.60. The van der Waals surface area contributed by atoms with Crippen molar-refractivity contribution in [3.63, 3.8) is 0 Å². The van der Waals surface area contributed by atoms with E-state index in [0.29, 0.717) is 32.4 Å². The van der Waals surface area contributed by atoms with E-state index in [1.165, 1.54) is 30.4 Å². The van der Waals surface area contributed by atoms with Crippen molar-refractivity contribution in [3.05, 3.63) is 34.9 Å². The molecule has 22 heavy (non-hydrogen) atoms. The molecule has 0 unspecified atom stereocenters. The Balaban J connectivity index is 1.59. The van der Waals surface area contributed by atoms with E-state index in [1.807, 2.05) is 4.90 Å². The number of piperidine rings is 1. The average molecular weight is 300 g/mol. The van der Waals surface area contributed by atoms with Crippen LogP contribution in [-0.4, -0.2) is 29.8 Å². The lowest BCUT2D eigenvalue weighted by Crippen LogP contribution is -2.42. The highest BCUT2D eigenvalue weighted by Gasteiger charge is 2.25. The van der Waals surface area contributed by atoms with Crippen LogP contribution in [0.15, 0.2) is 18.2 Å². The van der Waals surface area contributed by atoms with E-state index in [2.05, 4.69) is 18.2 Å². The largest absolute Gasteiger partial charge is 0.369 e. The van der Waals surface area contributed by atoms with Gasteiger partial charge in [-0.05, 0) is 55.2 Å². The Morgan fingerprint density at radius 3 is 2.45 bits per heavy atom. The number of fused-ring (bicyclic) bond motifs is 1. The number of carbonyl (C=O) groups is 2. The van der Waals surface area contributed by atoms with Crippen molar-refractivity contribution in [1.82, 2.24) is 4.90 Å². The van der Waals surface area contributed by atoms with Gasteiger partial charge in [-0.25, -0.2) is 0 Å². The first-order valence-electron chi connectivity index (χ1n) is 8.31. The second-order valence-corrected chi connectivity index (χ2v) is 6.54. The summed E-state index contributed by atoms with van der Waals surface area (Å²) in [5.41, 5.74) is 9.32. The number of likely N-dealkylation sites (tertiary alicyclic amines) is 1. The second-order valence-electron chi connectivity index (χ2n) is 6.54. The Hall–Kier alpha value is -1.84. The lowest BCUT2D eigenvalue weighted by atomic mass is 9.89. The molecular formula is C18H24N2O2. The highest BCUT2D eigenvalue weighted by atomic mass is 16.2. The summed E-state index contributed by atoms with van der Waals surface area (Å²) in [6.07, 6.45) is 6.71. The Morgan fingerprint density at radius 1 is 1.09 bits per heavy atom. The Kier molecular flexibility index (Phi) is 4.46. The molecule has 1 aromatic rings. The molecule has 1 heterocycles. The Bertz CT molecular complexity index is 574. The number of amides is 2. The van der Waals surface area contributed by atoms with Gasteiger partial charge in [0.05, 0.1) is 6.42 Å². The molecule has 118 valence electrons. The van der Waals surface area contributed by atoms with Crippen LogP contribution in [0.2, 0.25) is 0 Å². The topological polar surface area (TPSA) is 63.4 Å². The van der Waals surface area contributed by atoms with Crippen molar-refractivity contribution < 1.29 is 9.59 Å². The third-order valence-corrected chi connectivity index (χ3v) is 5.02. The molecule has 1 aliphatic heterocycles. The number of aryl methyl sites for hydroxylation is 2. The van der Waals surface area contributed by atoms with Crippen LogP contribution in [0.25, 0.3) is 0 Å². The van der Waals surface area contributed by atoms with Crippen molar-refractivity contribution >= 4 is 11.8 Å². The maximum absolute atomic E-state index is 12.4. The zero-order valence-corrected chi connectivity index (χ0v) is 13.0. The summed E-state index contributed by atoms with van der Waals surface area (Å²) < 4.78 is 0. The molecule has 2 aliphatic rings. The summed E-state index contributed by atoms with van der Waals surface area (Å²) in [4.78, 5) is 25.5. The third-order valence-electron chi connectivity index (χ3n) is 5.02. The van der Waals surface area contributed by atoms with Gasteiger partial charge in [-0.1, -0.05) is 18.2 Å². The van der Waals surface area contributed by atoms with Crippen molar-refractivity contribution in [2.75, 3.05) is 13.1 Å². The summed E-state index contributed by atoms with van der Waals surface area (Å²) in [5, 5.41) is 0. The van der Waals surface area contributed by atoms with Crippen molar-refractivity contribution in [1.29, 1.82) is 0 Å². The van der Waals surface area contributed by atoms with Crippen LogP contribution in [-0.2, 0) is 28.9 Å². The number of hydrogen-bond acceptors (Lipinski definition) is 2. The van der Waals surface area contributed by atoms with E-state index in [9.17, 15) is 9.59 Å². The molecule has 1 aliphatic carbocycles. The van der Waals surface area contributed by atoms with E-state index >= 15 is 0 Å². The van der Waals surface area contributed by atoms with Gasteiger partial charge in [0.2, 0.25) is 11.8 Å². The van der Waals surface area contributed by atoms with E-state index < -0.39 is 0 Å². The minimum Gasteiger partial charge on any atom is -0.369 e. The van der Waals surface area contributed by atoms with Gasteiger partial charge in [-0.3, -0.25) is 9.59 Å². The van der Waals surface area contributed by atoms with Crippen LogP contribution in [0.1, 0.15) is 42.4 Å². The molecule has 0 spiro atoms. The molecule has 0 radical (unpaired) electrons. The molecule has 1 aromatic carbocycles. The molecule has 0 saturated carbocycles. The smallest absolute Gasteiger partial charge is 0.226 e. The predicted molar refractivity (Wildman–Crippen MR) is 85.3 cm³/mol. The van der Waals surface area contributed by atoms with E-state index in [0.717, 1.165) is 12.0 Å². The van der Waals surface area contributed by atoms with Crippen LogP contribution in [0.4, 0.5) is 0 Å². The summed E-state index contributed by atoms with van der Waals surface area (Å²) in [7, 11) is 0. The molecule has 0 atom stereocenters. The number of hydrogen-bond donors (Lipinski definition) is 1. The maximum atomic E-state index is 12.4. The third kappa shape index (κ3) is 3.32. The fourth-order valence-corrected chi connectivity index (χ4v) is 3.60. The first-order valence-corrected chi connectivity index (χ1v) is 8.31. The number of benzene rings is 1. The van der Waals surface area contributed by atoms with Crippen LogP contribution in [0.5, 0.6) is 0 Å². The average Bonchev–Trinajstić information content (AvgIpc) is 2.55. The summed E-state index contributed by atoms with van der Waals surface area (Å²) >= 11 is 0. The van der Waals surface area contributed by atoms with Crippen molar-refractivity contribution in [2.45, 2.75) is 44.9 Å². The molecule has 0 aromatic heterocycles. The normalized spacial score (nSPS) is 18.8. The number of rotatable bonds is 3. The van der Waals surface area contributed by atoms with Gasteiger partial charge in [0.15, 0.2) is 0 Å². The van der Waals surface area contributed by atoms with Crippen molar-refractivity contribution in [2.24, 2.45) is 11.7 Å². The van der Waals surface area contributed by atoms with Crippen LogP contribution < -0.4 is 5.73 Å². The minimum atomic E-state index is -0.234. The Morgan fingerprint density at radius 2 is 1.77 bits per heavy atom. The molecule has 4 nitrogen and oxygen atoms in total. The number of nitrogens with zero attached hydrogens (tertiary/aromatic N) is 1. The summed E-state index contributed by atoms with van der Waals surface area (Å²) in [6, 6.07) is 6.50. The summed E-state index contributed by atoms with van der Waals surface area (Å²) in [6.45, 7) is 1.30. The Labute approximate surface area is 131 Å². The SMILES string of the molecule is NC(=O)C1CCN(C(=O)Cc2ccc3c(c2)CCCC3)CC1. The first kappa shape index (κ1) is 15.1. The van der Waals surface area contributed by atoms with Gasteiger partial charge < -0.3 is 10.6 Å². The molecule has 4 heteroatoms. The van der Waals surface area contributed by atoms with Crippen molar-refractivity contribution in [3.8, 4) is 0 Å². The number of primary amides is 1. The first-order chi connectivity index (χ1) is 10.6. The van der Waals surface area contributed by atoms with Gasteiger partial charge >= 0.3 is 0 Å². The van der Waals surface area contributed by atoms with Gasteiger partial charge in [-0.2, -0.15) is 0 Å². The molecule has 3 rings (SSSR count). The quantitative estimate of drug-likeness (QED) is 0.925. The standard InChI is InChI=1S/C18H24N2O2/c19-18(22)15-7-9-20(10-8-15)17(21)12-13-5-6-14-3-1-2-4-16(14)11-13/h5-6,11,15H,1-4,7-10,12H2,(H2,19,22). The number of nitrogens with two attached hydrogens (primary N) is 1. The van der Waals surface area contributed by atoms with Gasteiger partial charge in [0.25, 0.3) is 0 Å². The molecule has 1 saturated heterocycles. The lowest BCUT2D eigenvalue weighted by Gasteiger charge is -2.30. The van der Waals surface area contributed by atoms with Gasteiger partial charge in [0.1, 0.15) is 0 Å². The lowest BCUT2D eigenvalue weighted by molar-refractivity contribution is -0.134. The van der Waals surface area contributed by atoms with Gasteiger partial charge in [0, 0.05) is 19.0 Å². The predicted octanol–water partition coefficient (Wildman–Crippen LogP) is 1.83. The fraction of sp³-hybridized carbons (Fsp3) is 0.556. The monoisotopic (exact) mass is 300 g/mol. The molecule has 2 amide bonds. The van der Waals surface area contributed by atoms with Crippen LogP contribution >= 0.6 is 0 Å². The second kappa shape index (κ2) is 6.51. The highest BCUT2D eigenvalue weighted by molar-refractivity contribution is 5.80. The van der Waals surface area contributed by atoms with Crippen LogP contribution in [0.3, 0.4) is 0 Å². The zero-order valence-electron chi connectivity index (χ0n) is 13.0. The summed E-state index contributed by atoms with van der Waals surface area (Å²) in [5.74, 6) is -0.131. The zero-order chi connectivity index (χ0) is 15.5. The van der Waals surface area contributed by atoms with Gasteiger partial charge in [-0.15, -0.1) is 0 Å². The molecular weight excluding hydrogens is 276 g/mol. The van der Waals surface area contributed by atoms with E-state index in [4.69, 9.17) is 5.73 Å². The highest BCUT2D eigenvalue weighted by Crippen LogP contribution is 2.23. The van der Waals surface area contributed by atoms with E-state index in [1.54, 1.807) is 0 Å². The van der Waals surface area contributed by atoms with Crippen LogP contribution in [0, 0.1) is 5.92 Å².